The highest BCUT2D eigenvalue weighted by molar-refractivity contribution is 7.99. The van der Waals surface area contributed by atoms with Gasteiger partial charge in [0.1, 0.15) is 0 Å². The van der Waals surface area contributed by atoms with Crippen molar-refractivity contribution in [2.45, 2.75) is 44.3 Å². The molecule has 2 rings (SSSR count). The molecule has 1 aliphatic rings. The lowest BCUT2D eigenvalue weighted by Crippen LogP contribution is -2.27. The second-order valence-electron chi connectivity index (χ2n) is 4.61. The van der Waals surface area contributed by atoms with Gasteiger partial charge in [-0.1, -0.05) is 24.6 Å². The van der Waals surface area contributed by atoms with E-state index >= 15 is 0 Å². The van der Waals surface area contributed by atoms with Gasteiger partial charge >= 0.3 is 5.97 Å². The van der Waals surface area contributed by atoms with E-state index in [-0.39, 0.29) is 5.75 Å². The van der Waals surface area contributed by atoms with Crippen molar-refractivity contribution in [3.05, 3.63) is 0 Å². The molecule has 0 radical (unpaired) electrons. The van der Waals surface area contributed by atoms with E-state index in [4.69, 9.17) is 5.11 Å². The number of carboxylic acids is 1. The summed E-state index contributed by atoms with van der Waals surface area (Å²) >= 11 is 1.23. The minimum absolute atomic E-state index is 0.0259. The molecule has 0 aromatic carbocycles. The molecule has 1 fully saturated rings. The molecule has 0 saturated carbocycles. The Kier molecular flexibility index (Phi) is 5.07. The Morgan fingerprint density at radius 1 is 1.26 bits per heavy atom. The highest BCUT2D eigenvalue weighted by atomic mass is 32.2. The van der Waals surface area contributed by atoms with Crippen LogP contribution in [0.1, 0.15) is 32.6 Å². The molecular formula is C12H20N4O2S. The Balaban J connectivity index is 2.13. The molecule has 1 saturated heterocycles. The highest BCUT2D eigenvalue weighted by Gasteiger charge is 2.19. The molecule has 7 heteroatoms. The minimum Gasteiger partial charge on any atom is -0.481 e. The molecule has 1 N–H and O–H groups in total. The number of aliphatic carboxylic acids is 1. The monoisotopic (exact) mass is 284 g/mol. The molecule has 0 spiro atoms. The molecule has 19 heavy (non-hydrogen) atoms. The van der Waals surface area contributed by atoms with Crippen LogP contribution in [0.15, 0.2) is 5.16 Å². The van der Waals surface area contributed by atoms with E-state index in [0.29, 0.717) is 5.16 Å². The number of aromatic nitrogens is 3. The maximum absolute atomic E-state index is 10.6. The fraction of sp³-hybridized carbons (Fsp3) is 0.750. The minimum atomic E-state index is -0.827. The normalized spacial score (nSPS) is 16.4. The lowest BCUT2D eigenvalue weighted by molar-refractivity contribution is -0.133. The van der Waals surface area contributed by atoms with E-state index in [0.717, 1.165) is 25.6 Å². The summed E-state index contributed by atoms with van der Waals surface area (Å²) in [7, 11) is 0. The molecule has 0 unspecified atom stereocenters. The average Bonchev–Trinajstić information content (AvgIpc) is 2.60. The SMILES string of the molecule is CCn1c(SCC(=O)O)nnc1N1CCCCCC1. The first-order valence-corrected chi connectivity index (χ1v) is 7.73. The number of hydrogen-bond donors (Lipinski definition) is 1. The number of anilines is 1. The van der Waals surface area contributed by atoms with Crippen LogP contribution >= 0.6 is 11.8 Å². The smallest absolute Gasteiger partial charge is 0.313 e. The van der Waals surface area contributed by atoms with Crippen molar-refractivity contribution < 1.29 is 9.90 Å². The predicted octanol–water partition coefficient (Wildman–Crippen LogP) is 1.86. The maximum atomic E-state index is 10.6. The summed E-state index contributed by atoms with van der Waals surface area (Å²) in [6.45, 7) is 4.83. The molecule has 0 atom stereocenters. The first-order valence-electron chi connectivity index (χ1n) is 6.75. The van der Waals surface area contributed by atoms with Gasteiger partial charge in [0.25, 0.3) is 0 Å². The van der Waals surface area contributed by atoms with E-state index in [2.05, 4.69) is 15.1 Å². The van der Waals surface area contributed by atoms with Gasteiger partial charge in [-0.3, -0.25) is 9.36 Å². The molecule has 0 amide bonds. The molecular weight excluding hydrogens is 264 g/mol. The molecule has 6 nitrogen and oxygen atoms in total. The summed E-state index contributed by atoms with van der Waals surface area (Å²) in [4.78, 5) is 12.9. The molecule has 106 valence electrons. The maximum Gasteiger partial charge on any atom is 0.313 e. The van der Waals surface area contributed by atoms with Gasteiger partial charge in [0.15, 0.2) is 5.16 Å². The van der Waals surface area contributed by atoms with Gasteiger partial charge in [0.05, 0.1) is 5.75 Å². The molecule has 2 heterocycles. The quantitative estimate of drug-likeness (QED) is 0.832. The molecule has 0 aliphatic carbocycles. The molecule has 0 bridgehead atoms. The van der Waals surface area contributed by atoms with Crippen molar-refractivity contribution in [1.82, 2.24) is 14.8 Å². The van der Waals surface area contributed by atoms with Crippen molar-refractivity contribution in [2.75, 3.05) is 23.7 Å². The topological polar surface area (TPSA) is 71.2 Å². The van der Waals surface area contributed by atoms with Gasteiger partial charge in [0.2, 0.25) is 5.95 Å². The number of carbonyl (C=O) groups is 1. The Morgan fingerprint density at radius 3 is 2.53 bits per heavy atom. The van der Waals surface area contributed by atoms with Crippen LogP contribution in [-0.4, -0.2) is 44.7 Å². The lowest BCUT2D eigenvalue weighted by atomic mass is 10.2. The van der Waals surface area contributed by atoms with E-state index in [1.807, 2.05) is 11.5 Å². The highest BCUT2D eigenvalue weighted by Crippen LogP contribution is 2.23. The van der Waals surface area contributed by atoms with Crippen LogP contribution in [0.3, 0.4) is 0 Å². The fourth-order valence-corrected chi connectivity index (χ4v) is 3.01. The third-order valence-corrected chi connectivity index (χ3v) is 4.18. The van der Waals surface area contributed by atoms with Gasteiger partial charge in [0, 0.05) is 19.6 Å². The third kappa shape index (κ3) is 3.62. The number of nitrogens with zero attached hydrogens (tertiary/aromatic N) is 4. The predicted molar refractivity (Wildman–Crippen MR) is 74.7 cm³/mol. The van der Waals surface area contributed by atoms with Gasteiger partial charge < -0.3 is 10.0 Å². The number of thioether (sulfide) groups is 1. The number of rotatable bonds is 5. The average molecular weight is 284 g/mol. The second-order valence-corrected chi connectivity index (χ2v) is 5.55. The van der Waals surface area contributed by atoms with Gasteiger partial charge in [-0.05, 0) is 19.8 Å². The Labute approximate surface area is 117 Å². The zero-order chi connectivity index (χ0) is 13.7. The summed E-state index contributed by atoms with van der Waals surface area (Å²) in [6, 6.07) is 0. The van der Waals surface area contributed by atoms with Crippen molar-refractivity contribution >= 4 is 23.7 Å². The molecule has 1 aliphatic heterocycles. The molecule has 1 aromatic heterocycles. The van der Waals surface area contributed by atoms with E-state index in [9.17, 15) is 4.79 Å². The Morgan fingerprint density at radius 2 is 1.95 bits per heavy atom. The van der Waals surface area contributed by atoms with Crippen molar-refractivity contribution in [2.24, 2.45) is 0 Å². The van der Waals surface area contributed by atoms with Crippen LogP contribution in [0.2, 0.25) is 0 Å². The third-order valence-electron chi connectivity index (χ3n) is 3.23. The zero-order valence-electron chi connectivity index (χ0n) is 11.2. The van der Waals surface area contributed by atoms with Crippen molar-refractivity contribution in [3.63, 3.8) is 0 Å². The zero-order valence-corrected chi connectivity index (χ0v) is 12.0. The Hall–Kier alpha value is -1.24. The fourth-order valence-electron chi connectivity index (χ4n) is 2.30. The van der Waals surface area contributed by atoms with Crippen LogP contribution < -0.4 is 4.90 Å². The van der Waals surface area contributed by atoms with Gasteiger partial charge in [-0.2, -0.15) is 0 Å². The largest absolute Gasteiger partial charge is 0.481 e. The first-order chi connectivity index (χ1) is 9.22. The van der Waals surface area contributed by atoms with Crippen LogP contribution in [0.25, 0.3) is 0 Å². The summed E-state index contributed by atoms with van der Waals surface area (Å²) in [5.74, 6) is 0.0854. The first kappa shape index (κ1) is 14.2. The molecule has 1 aromatic rings. The van der Waals surface area contributed by atoms with Gasteiger partial charge in [-0.25, -0.2) is 0 Å². The van der Waals surface area contributed by atoms with Crippen molar-refractivity contribution in [3.8, 4) is 0 Å². The van der Waals surface area contributed by atoms with Crippen molar-refractivity contribution in [1.29, 1.82) is 0 Å². The van der Waals surface area contributed by atoms with Crippen LogP contribution in [0.4, 0.5) is 5.95 Å². The van der Waals surface area contributed by atoms with Crippen LogP contribution in [-0.2, 0) is 11.3 Å². The van der Waals surface area contributed by atoms with Gasteiger partial charge in [-0.15, -0.1) is 10.2 Å². The number of carboxylic acid groups (broad SMARTS) is 1. The summed E-state index contributed by atoms with van der Waals surface area (Å²) in [5, 5.41) is 17.8. The van der Waals surface area contributed by atoms with Crippen LogP contribution in [0.5, 0.6) is 0 Å². The number of hydrogen-bond acceptors (Lipinski definition) is 5. The van der Waals surface area contributed by atoms with Crippen LogP contribution in [0, 0.1) is 0 Å². The second kappa shape index (κ2) is 6.79. The lowest BCUT2D eigenvalue weighted by Gasteiger charge is -2.21. The Bertz CT molecular complexity index is 427. The standard InChI is InChI=1S/C12H20N4O2S/c1-2-16-11(15-7-5-3-4-6-8-15)13-14-12(16)19-9-10(17)18/h2-9H2,1H3,(H,17,18). The van der Waals surface area contributed by atoms with E-state index < -0.39 is 5.97 Å². The van der Waals surface area contributed by atoms with E-state index in [1.54, 1.807) is 0 Å². The summed E-state index contributed by atoms with van der Waals surface area (Å²) in [5.41, 5.74) is 0. The summed E-state index contributed by atoms with van der Waals surface area (Å²) < 4.78 is 2.01. The summed E-state index contributed by atoms with van der Waals surface area (Å²) in [6.07, 6.45) is 4.93. The van der Waals surface area contributed by atoms with E-state index in [1.165, 1.54) is 37.4 Å².